The molecule has 1 aliphatic rings. The Balaban J connectivity index is 1.91. The Labute approximate surface area is 185 Å². The van der Waals surface area contributed by atoms with E-state index in [1.807, 2.05) is 6.92 Å². The summed E-state index contributed by atoms with van der Waals surface area (Å²) >= 11 is 0. The van der Waals surface area contributed by atoms with Crippen LogP contribution in [0.3, 0.4) is 0 Å². The first-order valence-corrected chi connectivity index (χ1v) is 12.9. The number of hydrogen-bond donors (Lipinski definition) is 3. The molecule has 0 saturated carbocycles. The van der Waals surface area contributed by atoms with Gasteiger partial charge < -0.3 is 10.2 Å². The molecule has 0 radical (unpaired) electrons. The third-order valence-electron chi connectivity index (χ3n) is 6.41. The molecule has 0 amide bonds. The van der Waals surface area contributed by atoms with Gasteiger partial charge in [-0.25, -0.2) is 4.58 Å². The van der Waals surface area contributed by atoms with E-state index in [-0.39, 0.29) is 12.5 Å². The molecule has 1 rings (SSSR count). The second-order valence-corrected chi connectivity index (χ2v) is 9.06. The van der Waals surface area contributed by atoms with Crippen molar-refractivity contribution in [1.29, 1.82) is 0 Å². The second-order valence-electron chi connectivity index (χ2n) is 9.06. The van der Waals surface area contributed by atoms with Gasteiger partial charge in [-0.3, -0.25) is 10.1 Å². The van der Waals surface area contributed by atoms with Crippen LogP contribution < -0.4 is 5.32 Å². The number of rotatable bonds is 20. The Kier molecular flexibility index (Phi) is 15.8. The molecule has 0 aromatic rings. The van der Waals surface area contributed by atoms with Gasteiger partial charge in [0.25, 0.3) is 5.84 Å². The Hall–Kier alpha value is -1.10. The molecule has 0 aliphatic carbocycles. The molecule has 0 aromatic carbocycles. The minimum Gasteiger partial charge on any atom is -0.481 e. The summed E-state index contributed by atoms with van der Waals surface area (Å²) in [4.78, 5) is 11.0. The summed E-state index contributed by atoms with van der Waals surface area (Å²) in [6, 6.07) is -0.0362. The van der Waals surface area contributed by atoms with E-state index < -0.39 is 12.2 Å². The van der Waals surface area contributed by atoms with Crippen LogP contribution in [0.4, 0.5) is 0 Å². The van der Waals surface area contributed by atoms with Crippen molar-refractivity contribution in [1.82, 2.24) is 5.32 Å². The molecule has 1 aliphatic heterocycles. The number of aliphatic hydroxyl groups is 1. The largest absolute Gasteiger partial charge is 0.481 e. The molecule has 0 bridgehead atoms. The van der Waals surface area contributed by atoms with Crippen LogP contribution >= 0.6 is 0 Å². The van der Waals surface area contributed by atoms with E-state index in [1.54, 1.807) is 4.58 Å². The van der Waals surface area contributed by atoms with Crippen molar-refractivity contribution in [3.8, 4) is 0 Å². The van der Waals surface area contributed by atoms with Gasteiger partial charge in [0.15, 0.2) is 6.04 Å². The fourth-order valence-electron chi connectivity index (χ4n) is 4.56. The zero-order valence-corrected chi connectivity index (χ0v) is 19.8. The fraction of sp³-hybridized carbons (Fsp3) is 0.920. The van der Waals surface area contributed by atoms with E-state index in [0.29, 0.717) is 12.4 Å². The quantitative estimate of drug-likeness (QED) is 0.169. The van der Waals surface area contributed by atoms with Gasteiger partial charge in [0.05, 0.1) is 6.54 Å². The number of carboxylic acids is 1. The molecule has 0 aromatic heterocycles. The van der Waals surface area contributed by atoms with Crippen LogP contribution in [-0.2, 0) is 4.79 Å². The summed E-state index contributed by atoms with van der Waals surface area (Å²) < 4.78 is 1.78. The number of nitrogens with zero attached hydrogens (tertiary/aromatic N) is 1. The van der Waals surface area contributed by atoms with E-state index in [2.05, 4.69) is 12.2 Å². The lowest BCUT2D eigenvalue weighted by atomic mass is 10.0. The predicted octanol–water partition coefficient (Wildman–Crippen LogP) is 5.83. The van der Waals surface area contributed by atoms with Crippen LogP contribution in [0.5, 0.6) is 0 Å². The van der Waals surface area contributed by atoms with Gasteiger partial charge >= 0.3 is 5.97 Å². The minimum absolute atomic E-state index is 0.0362. The highest BCUT2D eigenvalue weighted by Crippen LogP contribution is 2.17. The molecule has 0 spiro atoms. The van der Waals surface area contributed by atoms with Gasteiger partial charge in [0.2, 0.25) is 6.23 Å². The molecule has 0 unspecified atom stereocenters. The number of likely N-dealkylation sites (N-methyl/N-ethyl adjacent to an activating group) is 1. The lowest BCUT2D eigenvalue weighted by molar-refractivity contribution is -0.600. The molecular weight excluding hydrogens is 376 g/mol. The monoisotopic (exact) mass is 425 g/mol. The van der Waals surface area contributed by atoms with Gasteiger partial charge in [0.1, 0.15) is 6.42 Å². The van der Waals surface area contributed by atoms with Crippen molar-refractivity contribution in [2.24, 2.45) is 0 Å². The molecule has 2 atom stereocenters. The van der Waals surface area contributed by atoms with Gasteiger partial charge in [-0.1, -0.05) is 103 Å². The van der Waals surface area contributed by atoms with Crippen molar-refractivity contribution in [2.75, 3.05) is 6.54 Å². The van der Waals surface area contributed by atoms with Crippen molar-refractivity contribution in [3.63, 3.8) is 0 Å². The van der Waals surface area contributed by atoms with Crippen molar-refractivity contribution >= 4 is 11.8 Å². The first-order chi connectivity index (χ1) is 14.6. The highest BCUT2D eigenvalue weighted by molar-refractivity contribution is 5.94. The molecule has 0 saturated heterocycles. The van der Waals surface area contributed by atoms with E-state index in [1.165, 1.54) is 96.3 Å². The number of aliphatic hydroxyl groups excluding tert-OH is 1. The molecule has 1 heterocycles. The molecule has 30 heavy (non-hydrogen) atoms. The Morgan fingerprint density at radius 2 is 1.23 bits per heavy atom. The smallest absolute Gasteiger partial charge is 0.315 e. The van der Waals surface area contributed by atoms with E-state index in [0.717, 1.165) is 12.8 Å². The maximum Gasteiger partial charge on any atom is 0.315 e. The number of aliphatic carboxylic acids is 1. The lowest BCUT2D eigenvalue weighted by Gasteiger charge is -2.12. The molecular formula is C25H49N2O3+. The molecule has 3 N–H and O–H groups in total. The highest BCUT2D eigenvalue weighted by Gasteiger charge is 2.39. The van der Waals surface area contributed by atoms with E-state index in [9.17, 15) is 9.90 Å². The summed E-state index contributed by atoms with van der Waals surface area (Å²) in [5.74, 6) is -0.204. The van der Waals surface area contributed by atoms with Crippen molar-refractivity contribution < 1.29 is 19.6 Å². The first-order valence-electron chi connectivity index (χ1n) is 12.9. The number of unbranched alkanes of at least 4 members (excludes halogenated alkanes) is 15. The van der Waals surface area contributed by atoms with Gasteiger partial charge in [-0.15, -0.1) is 0 Å². The number of hydrogen-bond acceptors (Lipinski definition) is 3. The van der Waals surface area contributed by atoms with Gasteiger partial charge in [0, 0.05) is 0 Å². The van der Waals surface area contributed by atoms with Crippen molar-refractivity contribution in [3.05, 3.63) is 0 Å². The number of nitrogens with one attached hydrogen (secondary N) is 1. The second kappa shape index (κ2) is 17.6. The molecule has 0 fully saturated rings. The van der Waals surface area contributed by atoms with Crippen molar-refractivity contribution in [2.45, 2.75) is 142 Å². The zero-order valence-electron chi connectivity index (χ0n) is 19.8. The first kappa shape index (κ1) is 26.9. The highest BCUT2D eigenvalue weighted by atomic mass is 16.4. The summed E-state index contributed by atoms with van der Waals surface area (Å²) in [6.45, 7) is 4.86. The van der Waals surface area contributed by atoms with Gasteiger partial charge in [-0.2, -0.15) is 0 Å². The summed E-state index contributed by atoms with van der Waals surface area (Å²) in [5, 5.41) is 22.7. The van der Waals surface area contributed by atoms with Crippen LogP contribution in [0.2, 0.25) is 0 Å². The number of amidine groups is 1. The maximum atomic E-state index is 11.0. The molecule has 5 heteroatoms. The standard InChI is InChI=1S/C25H48N2O3/c1-3-5-6-7-8-9-10-11-12-13-14-15-16-17-18-19-20-22-25(30)27(4-2)23(26-22)21-24(28)29/h22,25,30H,3-21H2,1-2H3,(H,28,29)/p+1/t22-,25-/m1/s1. The Morgan fingerprint density at radius 1 is 0.800 bits per heavy atom. The lowest BCUT2D eigenvalue weighted by Crippen LogP contribution is -2.36. The zero-order chi connectivity index (χ0) is 22.0. The molecule has 176 valence electrons. The minimum atomic E-state index is -0.855. The SMILES string of the molecule is CCCCCCCCCCCCCCCCCC[C@H]1NC(CC(=O)O)=[N+](CC)[C@@H]1O. The third kappa shape index (κ3) is 11.9. The summed E-state index contributed by atoms with van der Waals surface area (Å²) in [5.41, 5.74) is 0. The van der Waals surface area contributed by atoms with E-state index in [4.69, 9.17) is 5.11 Å². The number of carboxylic acid groups (broad SMARTS) is 1. The summed E-state index contributed by atoms with van der Waals surface area (Å²) in [7, 11) is 0. The van der Waals surface area contributed by atoms with E-state index >= 15 is 0 Å². The average molecular weight is 426 g/mol. The Morgan fingerprint density at radius 3 is 1.63 bits per heavy atom. The predicted molar refractivity (Wildman–Crippen MR) is 125 cm³/mol. The van der Waals surface area contributed by atoms with Crippen LogP contribution in [0.1, 0.15) is 129 Å². The topological polar surface area (TPSA) is 72.6 Å². The summed E-state index contributed by atoms with van der Waals surface area (Å²) in [6.07, 6.45) is 22.0. The average Bonchev–Trinajstić information content (AvgIpc) is 3.01. The Bertz CT molecular complexity index is 479. The third-order valence-corrected chi connectivity index (χ3v) is 6.41. The van der Waals surface area contributed by atoms with Crippen LogP contribution in [0, 0.1) is 0 Å². The van der Waals surface area contributed by atoms with Gasteiger partial charge in [-0.05, 0) is 19.8 Å². The van der Waals surface area contributed by atoms with Crippen LogP contribution in [-0.4, -0.2) is 45.4 Å². The normalized spacial score (nSPS) is 18.8. The van der Waals surface area contributed by atoms with Crippen LogP contribution in [0.15, 0.2) is 0 Å². The van der Waals surface area contributed by atoms with Crippen LogP contribution in [0.25, 0.3) is 0 Å². The fourth-order valence-corrected chi connectivity index (χ4v) is 4.56. The number of carbonyl (C=O) groups is 1. The maximum absolute atomic E-state index is 11.0. The molecule has 5 nitrogen and oxygen atoms in total.